The van der Waals surface area contributed by atoms with Gasteiger partial charge in [0.1, 0.15) is 18.1 Å². The molecule has 0 bridgehead atoms. The first-order valence-electron chi connectivity index (χ1n) is 14.1. The Morgan fingerprint density at radius 3 is 2.57 bits per heavy atom. The van der Waals surface area contributed by atoms with Crippen molar-refractivity contribution < 1.29 is 32.5 Å². The van der Waals surface area contributed by atoms with Gasteiger partial charge in [0.05, 0.1) is 29.0 Å². The summed E-state index contributed by atoms with van der Waals surface area (Å²) < 4.78 is 51.0. The topological polar surface area (TPSA) is 73.6 Å². The summed E-state index contributed by atoms with van der Waals surface area (Å²) in [5.74, 6) is -0.194. The number of carbonyl (C=O) groups is 1. The number of hydrogen-bond donors (Lipinski definition) is 1. The number of pyridine rings is 1. The van der Waals surface area contributed by atoms with Gasteiger partial charge in [-0.05, 0) is 72.9 Å². The van der Waals surface area contributed by atoms with E-state index in [4.69, 9.17) is 9.72 Å². The van der Waals surface area contributed by atoms with Crippen molar-refractivity contribution in [2.24, 2.45) is 0 Å². The molecule has 1 aliphatic heterocycles. The van der Waals surface area contributed by atoms with Gasteiger partial charge in [-0.3, -0.25) is 0 Å². The predicted octanol–water partition coefficient (Wildman–Crippen LogP) is 8.56. The first-order chi connectivity index (χ1) is 20.3. The van der Waals surface area contributed by atoms with Crippen LogP contribution < -0.4 is 9.47 Å². The SMILES string of the molecule is O=C(O)c1ccc2c(C3CCCCC3)c3n(c2c1)CCOc1c-3ccc2nc(-c3cccc(OC(F)(F)F)c3)ccc12. The minimum Gasteiger partial charge on any atom is -0.490 e. The second kappa shape index (κ2) is 10.1. The van der Waals surface area contributed by atoms with Crippen molar-refractivity contribution in [3.05, 3.63) is 77.9 Å². The minimum absolute atomic E-state index is 0.253. The van der Waals surface area contributed by atoms with Gasteiger partial charge in [-0.1, -0.05) is 37.5 Å². The van der Waals surface area contributed by atoms with Crippen molar-refractivity contribution in [2.45, 2.75) is 50.9 Å². The molecule has 0 spiro atoms. The summed E-state index contributed by atoms with van der Waals surface area (Å²) in [7, 11) is 0. The first kappa shape index (κ1) is 26.4. The molecule has 0 unspecified atom stereocenters. The van der Waals surface area contributed by atoms with Gasteiger partial charge in [-0.15, -0.1) is 13.2 Å². The zero-order chi connectivity index (χ0) is 29.0. The molecule has 1 saturated carbocycles. The van der Waals surface area contributed by atoms with Crippen LogP contribution >= 0.6 is 0 Å². The summed E-state index contributed by atoms with van der Waals surface area (Å²) in [4.78, 5) is 16.6. The fourth-order valence-corrected chi connectivity index (χ4v) is 6.61. The number of aromatic nitrogens is 2. The van der Waals surface area contributed by atoms with Crippen LogP contribution in [-0.2, 0) is 6.54 Å². The number of alkyl halides is 3. The molecule has 1 N–H and O–H groups in total. The van der Waals surface area contributed by atoms with Gasteiger partial charge in [-0.25, -0.2) is 9.78 Å². The van der Waals surface area contributed by atoms with E-state index in [-0.39, 0.29) is 11.3 Å². The number of aromatic carboxylic acids is 1. The number of rotatable bonds is 4. The van der Waals surface area contributed by atoms with E-state index >= 15 is 0 Å². The van der Waals surface area contributed by atoms with Gasteiger partial charge in [0.25, 0.3) is 0 Å². The lowest BCUT2D eigenvalue weighted by molar-refractivity contribution is -0.274. The van der Waals surface area contributed by atoms with Crippen LogP contribution in [0.15, 0.2) is 66.7 Å². The third-order valence-electron chi connectivity index (χ3n) is 8.37. The van der Waals surface area contributed by atoms with Gasteiger partial charge in [-0.2, -0.15) is 0 Å². The van der Waals surface area contributed by atoms with Crippen LogP contribution in [0.4, 0.5) is 13.2 Å². The first-order valence-corrected chi connectivity index (χ1v) is 14.1. The summed E-state index contributed by atoms with van der Waals surface area (Å²) in [6, 6.07) is 18.8. The smallest absolute Gasteiger partial charge is 0.490 e. The maximum Gasteiger partial charge on any atom is 0.573 e. The minimum atomic E-state index is -4.78. The van der Waals surface area contributed by atoms with Crippen molar-refractivity contribution in [3.8, 4) is 34.0 Å². The van der Waals surface area contributed by atoms with Gasteiger partial charge < -0.3 is 19.1 Å². The predicted molar refractivity (Wildman–Crippen MR) is 153 cm³/mol. The molecule has 0 radical (unpaired) electrons. The van der Waals surface area contributed by atoms with Gasteiger partial charge in [0.15, 0.2) is 0 Å². The number of fused-ring (bicyclic) bond motifs is 7. The van der Waals surface area contributed by atoms with Crippen molar-refractivity contribution in [2.75, 3.05) is 6.61 Å². The number of benzene rings is 3. The van der Waals surface area contributed by atoms with Gasteiger partial charge >= 0.3 is 12.3 Å². The van der Waals surface area contributed by atoms with E-state index in [9.17, 15) is 23.1 Å². The highest BCUT2D eigenvalue weighted by molar-refractivity contribution is 6.01. The molecular weight excluding hydrogens is 545 g/mol. The Hall–Kier alpha value is -4.53. The largest absolute Gasteiger partial charge is 0.573 e. The molecule has 1 fully saturated rings. The van der Waals surface area contributed by atoms with Crippen molar-refractivity contribution in [3.63, 3.8) is 0 Å². The molecule has 3 aromatic carbocycles. The molecule has 7 rings (SSSR count). The number of halogens is 3. The summed E-state index contributed by atoms with van der Waals surface area (Å²) >= 11 is 0. The molecule has 2 aromatic heterocycles. The second-order valence-electron chi connectivity index (χ2n) is 10.9. The van der Waals surface area contributed by atoms with Crippen molar-refractivity contribution >= 4 is 27.8 Å². The molecule has 9 heteroatoms. The fraction of sp³-hybridized carbons (Fsp3) is 0.273. The van der Waals surface area contributed by atoms with Crippen LogP contribution in [0, 0.1) is 0 Å². The number of ether oxygens (including phenoxy) is 2. The van der Waals surface area contributed by atoms with E-state index in [1.807, 2.05) is 24.3 Å². The van der Waals surface area contributed by atoms with Gasteiger partial charge in [0, 0.05) is 27.4 Å². The van der Waals surface area contributed by atoms with Crippen LogP contribution in [0.1, 0.15) is 53.9 Å². The average molecular weight is 573 g/mol. The fourth-order valence-electron chi connectivity index (χ4n) is 6.61. The molecule has 3 heterocycles. The zero-order valence-electron chi connectivity index (χ0n) is 22.6. The van der Waals surface area contributed by atoms with Crippen LogP contribution in [0.3, 0.4) is 0 Å². The van der Waals surface area contributed by atoms with E-state index in [0.717, 1.165) is 53.2 Å². The monoisotopic (exact) mass is 572 g/mol. The Balaban J connectivity index is 1.39. The normalized spacial score (nSPS) is 15.6. The third kappa shape index (κ3) is 4.62. The van der Waals surface area contributed by atoms with E-state index in [1.54, 1.807) is 24.3 Å². The maximum atomic E-state index is 12.8. The zero-order valence-corrected chi connectivity index (χ0v) is 22.6. The molecule has 0 amide bonds. The number of nitrogens with zero attached hydrogens (tertiary/aromatic N) is 2. The highest BCUT2D eigenvalue weighted by Gasteiger charge is 2.32. The Bertz CT molecular complexity index is 1850. The summed E-state index contributed by atoms with van der Waals surface area (Å²) in [5.41, 5.74) is 6.08. The molecule has 0 saturated heterocycles. The quantitative estimate of drug-likeness (QED) is 0.234. The van der Waals surface area contributed by atoms with Gasteiger partial charge in [0.2, 0.25) is 0 Å². The Morgan fingerprint density at radius 1 is 0.976 bits per heavy atom. The molecule has 0 atom stereocenters. The Kier molecular flexibility index (Phi) is 6.33. The van der Waals surface area contributed by atoms with E-state index < -0.39 is 12.3 Å². The number of carboxylic acids is 1. The van der Waals surface area contributed by atoms with E-state index in [2.05, 4.69) is 9.30 Å². The van der Waals surface area contributed by atoms with Crippen LogP contribution in [0.5, 0.6) is 11.5 Å². The summed E-state index contributed by atoms with van der Waals surface area (Å²) in [5, 5.41) is 11.6. The standard InChI is InChI=1S/C33H27F3N2O4/c34-33(35,36)42-22-8-4-7-20(17-22)26-13-11-23-27(37-26)14-12-25-30-29(19-5-2-1-3-6-19)24-10-9-21(32(39)40)18-28(24)38(30)15-16-41-31(23)25/h4,7-14,17-19H,1-3,5-6,15-16H2,(H,39,40). The van der Waals surface area contributed by atoms with E-state index in [0.29, 0.717) is 41.6 Å². The van der Waals surface area contributed by atoms with Crippen LogP contribution in [-0.4, -0.2) is 33.6 Å². The second-order valence-corrected chi connectivity index (χ2v) is 10.9. The number of hydrogen-bond acceptors (Lipinski definition) is 4. The van der Waals surface area contributed by atoms with E-state index in [1.165, 1.54) is 30.2 Å². The van der Waals surface area contributed by atoms with Crippen molar-refractivity contribution in [1.82, 2.24) is 9.55 Å². The lowest BCUT2D eigenvalue weighted by Gasteiger charge is -2.23. The highest BCUT2D eigenvalue weighted by Crippen LogP contribution is 2.48. The summed E-state index contributed by atoms with van der Waals surface area (Å²) in [6.45, 7) is 0.957. The molecular formula is C33H27F3N2O4. The Morgan fingerprint density at radius 2 is 1.79 bits per heavy atom. The average Bonchev–Trinajstić information content (AvgIpc) is 3.17. The molecule has 5 aromatic rings. The highest BCUT2D eigenvalue weighted by atomic mass is 19.4. The Labute approximate surface area is 239 Å². The van der Waals surface area contributed by atoms with Crippen molar-refractivity contribution in [1.29, 1.82) is 0 Å². The third-order valence-corrected chi connectivity index (χ3v) is 8.37. The molecule has 214 valence electrons. The molecule has 1 aliphatic carbocycles. The lowest BCUT2D eigenvalue weighted by Crippen LogP contribution is -2.17. The van der Waals surface area contributed by atoms with Crippen LogP contribution in [0.25, 0.3) is 44.3 Å². The van der Waals surface area contributed by atoms with Crippen LogP contribution in [0.2, 0.25) is 0 Å². The lowest BCUT2D eigenvalue weighted by atomic mass is 9.81. The molecule has 6 nitrogen and oxygen atoms in total. The summed E-state index contributed by atoms with van der Waals surface area (Å²) in [6.07, 6.45) is 0.923. The molecule has 2 aliphatic rings. The number of carboxylic acid groups (broad SMARTS) is 1. The molecule has 42 heavy (non-hydrogen) atoms. The maximum absolute atomic E-state index is 12.8.